The lowest BCUT2D eigenvalue weighted by Crippen LogP contribution is -2.43. The third-order valence-corrected chi connectivity index (χ3v) is 7.17. The van der Waals surface area contributed by atoms with Crippen LogP contribution in [0.25, 0.3) is 0 Å². The summed E-state index contributed by atoms with van der Waals surface area (Å²) in [5.74, 6) is 0.847. The second kappa shape index (κ2) is 11.3. The number of unbranched alkanes of at least 4 members (excludes halogenated alkanes) is 1. The van der Waals surface area contributed by atoms with Gasteiger partial charge in [0.15, 0.2) is 0 Å². The van der Waals surface area contributed by atoms with E-state index in [4.69, 9.17) is 16.7 Å². The zero-order valence-electron chi connectivity index (χ0n) is 17.6. The number of carbonyl (C=O) groups is 1. The highest BCUT2D eigenvalue weighted by Gasteiger charge is 2.39. The van der Waals surface area contributed by atoms with Crippen LogP contribution in [0.2, 0.25) is 5.02 Å². The number of aliphatic hydroxyl groups is 1. The second-order valence-electron chi connectivity index (χ2n) is 9.14. The van der Waals surface area contributed by atoms with Crippen molar-refractivity contribution in [3.63, 3.8) is 0 Å². The molecule has 2 aliphatic rings. The van der Waals surface area contributed by atoms with Gasteiger partial charge in [-0.05, 0) is 87.1 Å². The average molecular weight is 421 g/mol. The van der Waals surface area contributed by atoms with Crippen molar-refractivity contribution in [2.75, 3.05) is 26.2 Å². The Bertz CT molecular complexity index is 654. The summed E-state index contributed by atoms with van der Waals surface area (Å²) in [5, 5.41) is 16.0. The van der Waals surface area contributed by atoms with Gasteiger partial charge in [-0.15, -0.1) is 0 Å². The standard InChI is InChI=1S/C24H37ClN2O2/c25-22-10-9-19(8-5-14-26-13-1-2-15-28)16-21(22)23(29)27-18-24-11-3-6-20(17-24)7-4-12-24/h9-10,16,20,26,28H,1-8,11-15,17-18H2,(H,27,29). The normalized spacial score (nSPS) is 23.7. The molecule has 0 aromatic heterocycles. The summed E-state index contributed by atoms with van der Waals surface area (Å²) < 4.78 is 0. The Balaban J connectivity index is 1.48. The van der Waals surface area contributed by atoms with E-state index in [2.05, 4.69) is 10.6 Å². The Kier molecular flexibility index (Phi) is 8.83. The van der Waals surface area contributed by atoms with Gasteiger partial charge >= 0.3 is 0 Å². The Labute approximate surface area is 180 Å². The molecule has 0 heterocycles. The molecule has 0 radical (unpaired) electrons. The molecule has 0 aliphatic heterocycles. The van der Waals surface area contributed by atoms with Gasteiger partial charge in [0.05, 0.1) is 10.6 Å². The van der Waals surface area contributed by atoms with Crippen LogP contribution in [0.5, 0.6) is 0 Å². The highest BCUT2D eigenvalue weighted by molar-refractivity contribution is 6.33. The van der Waals surface area contributed by atoms with Crippen molar-refractivity contribution in [2.24, 2.45) is 11.3 Å². The Morgan fingerprint density at radius 3 is 2.66 bits per heavy atom. The third-order valence-electron chi connectivity index (χ3n) is 6.84. The minimum atomic E-state index is -0.0268. The van der Waals surface area contributed by atoms with Crippen molar-refractivity contribution in [2.45, 2.75) is 70.6 Å². The van der Waals surface area contributed by atoms with Crippen molar-refractivity contribution < 1.29 is 9.90 Å². The zero-order valence-corrected chi connectivity index (χ0v) is 18.4. The molecule has 0 saturated heterocycles. The van der Waals surface area contributed by atoms with Crippen LogP contribution in [0, 0.1) is 11.3 Å². The van der Waals surface area contributed by atoms with Crippen LogP contribution in [0.1, 0.15) is 80.1 Å². The highest BCUT2D eigenvalue weighted by Crippen LogP contribution is 2.48. The molecule has 1 aromatic carbocycles. The average Bonchev–Trinajstić information content (AvgIpc) is 2.72. The lowest BCUT2D eigenvalue weighted by Gasteiger charge is -2.45. The van der Waals surface area contributed by atoms with Crippen molar-refractivity contribution >= 4 is 17.5 Å². The van der Waals surface area contributed by atoms with Crippen molar-refractivity contribution in [3.8, 4) is 0 Å². The third kappa shape index (κ3) is 6.70. The predicted molar refractivity (Wildman–Crippen MR) is 120 cm³/mol. The minimum Gasteiger partial charge on any atom is -0.396 e. The fraction of sp³-hybridized carbons (Fsp3) is 0.708. The fourth-order valence-electron chi connectivity index (χ4n) is 5.24. The van der Waals surface area contributed by atoms with E-state index in [9.17, 15) is 4.79 Å². The lowest BCUT2D eigenvalue weighted by atomic mass is 9.62. The molecule has 1 amide bonds. The molecule has 4 nitrogen and oxygen atoms in total. The quantitative estimate of drug-likeness (QED) is 0.453. The number of halogens is 1. The van der Waals surface area contributed by atoms with Gasteiger partial charge in [0.1, 0.15) is 0 Å². The Morgan fingerprint density at radius 2 is 1.90 bits per heavy atom. The summed E-state index contributed by atoms with van der Waals surface area (Å²) >= 11 is 6.35. The molecule has 0 atom stereocenters. The molecule has 0 spiro atoms. The van der Waals surface area contributed by atoms with E-state index in [1.807, 2.05) is 18.2 Å². The first-order valence-electron chi connectivity index (χ1n) is 11.5. The van der Waals surface area contributed by atoms with Gasteiger partial charge in [-0.2, -0.15) is 0 Å². The maximum absolute atomic E-state index is 12.9. The molecule has 1 aromatic rings. The largest absolute Gasteiger partial charge is 0.396 e. The van der Waals surface area contributed by atoms with E-state index < -0.39 is 0 Å². The van der Waals surface area contributed by atoms with E-state index in [-0.39, 0.29) is 12.5 Å². The molecule has 2 saturated carbocycles. The SMILES string of the molecule is O=C(NCC12CCCC(CCC1)C2)c1cc(CCCNCCCCO)ccc1Cl. The van der Waals surface area contributed by atoms with Crippen LogP contribution in [0.15, 0.2) is 18.2 Å². The van der Waals surface area contributed by atoms with Gasteiger partial charge in [0.2, 0.25) is 0 Å². The lowest BCUT2D eigenvalue weighted by molar-refractivity contribution is 0.0681. The maximum atomic E-state index is 12.9. The molecular formula is C24H37ClN2O2. The van der Waals surface area contributed by atoms with Gasteiger partial charge in [0, 0.05) is 13.2 Å². The van der Waals surface area contributed by atoms with Crippen LogP contribution < -0.4 is 10.6 Å². The number of aliphatic hydroxyl groups excluding tert-OH is 1. The summed E-state index contributed by atoms with van der Waals surface area (Å²) in [5.41, 5.74) is 2.09. The summed E-state index contributed by atoms with van der Waals surface area (Å²) in [6, 6.07) is 5.85. The van der Waals surface area contributed by atoms with E-state index in [1.165, 1.54) is 44.9 Å². The highest BCUT2D eigenvalue weighted by atomic mass is 35.5. The second-order valence-corrected chi connectivity index (χ2v) is 9.54. The maximum Gasteiger partial charge on any atom is 0.252 e. The van der Waals surface area contributed by atoms with Crippen LogP contribution in [-0.2, 0) is 6.42 Å². The molecule has 0 unspecified atom stereocenters. The molecule has 3 rings (SSSR count). The molecule has 2 aliphatic carbocycles. The molecular weight excluding hydrogens is 384 g/mol. The summed E-state index contributed by atoms with van der Waals surface area (Å²) in [4.78, 5) is 12.9. The van der Waals surface area contributed by atoms with E-state index in [0.717, 1.165) is 56.8 Å². The van der Waals surface area contributed by atoms with Crippen molar-refractivity contribution in [3.05, 3.63) is 34.3 Å². The summed E-state index contributed by atoms with van der Waals surface area (Å²) in [6.07, 6.45) is 13.0. The predicted octanol–water partition coefficient (Wildman–Crippen LogP) is 4.73. The number of fused-ring (bicyclic) bond motifs is 2. The number of amides is 1. The van der Waals surface area contributed by atoms with Gasteiger partial charge in [-0.3, -0.25) is 4.79 Å². The van der Waals surface area contributed by atoms with Gasteiger partial charge in [-0.25, -0.2) is 0 Å². The number of carbonyl (C=O) groups excluding carboxylic acids is 1. The number of aryl methyl sites for hydroxylation is 1. The number of hydrogen-bond acceptors (Lipinski definition) is 3. The first kappa shape index (κ1) is 22.6. The first-order chi connectivity index (χ1) is 14.1. The van der Waals surface area contributed by atoms with Gasteiger partial charge in [0.25, 0.3) is 5.91 Å². The number of hydrogen-bond donors (Lipinski definition) is 3. The summed E-state index contributed by atoms with van der Waals surface area (Å²) in [7, 11) is 0. The smallest absolute Gasteiger partial charge is 0.252 e. The van der Waals surface area contributed by atoms with Gasteiger partial charge in [-0.1, -0.05) is 43.4 Å². The molecule has 162 valence electrons. The molecule has 5 heteroatoms. The van der Waals surface area contributed by atoms with Crippen LogP contribution in [-0.4, -0.2) is 37.3 Å². The summed E-state index contributed by atoms with van der Waals surface area (Å²) in [6.45, 7) is 2.94. The minimum absolute atomic E-state index is 0.0268. The van der Waals surface area contributed by atoms with Crippen LogP contribution in [0.3, 0.4) is 0 Å². The van der Waals surface area contributed by atoms with Crippen LogP contribution in [0.4, 0.5) is 0 Å². The van der Waals surface area contributed by atoms with E-state index in [1.54, 1.807) is 0 Å². The molecule has 2 fully saturated rings. The van der Waals surface area contributed by atoms with Crippen LogP contribution >= 0.6 is 11.6 Å². The number of benzene rings is 1. The van der Waals surface area contributed by atoms with Crippen molar-refractivity contribution in [1.82, 2.24) is 10.6 Å². The Hall–Kier alpha value is -1.10. The van der Waals surface area contributed by atoms with E-state index >= 15 is 0 Å². The molecule has 2 bridgehead atoms. The fourth-order valence-corrected chi connectivity index (χ4v) is 5.44. The topological polar surface area (TPSA) is 61.4 Å². The van der Waals surface area contributed by atoms with Crippen molar-refractivity contribution in [1.29, 1.82) is 0 Å². The number of rotatable bonds is 11. The zero-order chi connectivity index (χ0) is 20.5. The monoisotopic (exact) mass is 420 g/mol. The first-order valence-corrected chi connectivity index (χ1v) is 11.9. The van der Waals surface area contributed by atoms with Gasteiger partial charge < -0.3 is 15.7 Å². The molecule has 3 N–H and O–H groups in total. The number of nitrogens with one attached hydrogen (secondary N) is 2. The van der Waals surface area contributed by atoms with E-state index in [0.29, 0.717) is 16.0 Å². The molecule has 29 heavy (non-hydrogen) atoms. The Morgan fingerprint density at radius 1 is 1.14 bits per heavy atom.